The van der Waals surface area contributed by atoms with Gasteiger partial charge in [-0.15, -0.1) is 0 Å². The van der Waals surface area contributed by atoms with E-state index < -0.39 is 0 Å². The van der Waals surface area contributed by atoms with Crippen LogP contribution >= 0.6 is 15.9 Å². The predicted octanol–water partition coefficient (Wildman–Crippen LogP) is 16.4. The Kier molecular flexibility index (Phi) is 19.8. The third-order valence-corrected chi connectivity index (χ3v) is 11.2. The van der Waals surface area contributed by atoms with E-state index in [1.165, 1.54) is 178 Å². The predicted molar refractivity (Wildman–Crippen MR) is 215 cm³/mol. The molecular weight excluding hydrogens is 632 g/mol. The molecule has 0 heterocycles. The molecule has 0 aliphatic heterocycles. The highest BCUT2D eigenvalue weighted by Crippen LogP contribution is 2.40. The topological polar surface area (TPSA) is 0 Å². The molecule has 0 radical (unpaired) electrons. The number of rotatable bonds is 25. The Balaban J connectivity index is 1.73. The molecule has 0 nitrogen and oxygen atoms in total. The zero-order valence-electron chi connectivity index (χ0n) is 31.2. The van der Waals surface area contributed by atoms with Gasteiger partial charge < -0.3 is 0 Å². The van der Waals surface area contributed by atoms with Gasteiger partial charge in [-0.3, -0.25) is 0 Å². The Labute approximate surface area is 300 Å². The van der Waals surface area contributed by atoms with Crippen LogP contribution in [0.25, 0.3) is 22.3 Å². The Morgan fingerprint density at radius 3 is 1.34 bits per heavy atom. The number of unbranched alkanes of at least 4 members (excludes halogenated alkanes) is 15. The van der Waals surface area contributed by atoms with Gasteiger partial charge in [0.1, 0.15) is 0 Å². The molecular formula is C46H69Br. The summed E-state index contributed by atoms with van der Waals surface area (Å²) in [4.78, 5) is 0. The summed E-state index contributed by atoms with van der Waals surface area (Å²) in [5, 5.41) is 0. The summed E-state index contributed by atoms with van der Waals surface area (Å²) >= 11 is 4.07. The van der Waals surface area contributed by atoms with Gasteiger partial charge in [-0.05, 0) is 88.6 Å². The summed E-state index contributed by atoms with van der Waals surface area (Å²) in [5.74, 6) is 1.11. The van der Waals surface area contributed by atoms with E-state index in [0.29, 0.717) is 11.8 Å². The normalized spacial score (nSPS) is 12.8. The maximum atomic E-state index is 4.07. The first-order chi connectivity index (χ1) is 23.0. The quantitative estimate of drug-likeness (QED) is 0.0772. The van der Waals surface area contributed by atoms with E-state index in [4.69, 9.17) is 0 Å². The summed E-state index contributed by atoms with van der Waals surface area (Å²) < 4.78 is 1.31. The molecule has 0 amide bonds. The molecule has 3 aromatic carbocycles. The molecule has 2 atom stereocenters. The van der Waals surface area contributed by atoms with Crippen molar-refractivity contribution in [3.63, 3.8) is 0 Å². The number of hydrogen-bond donors (Lipinski definition) is 0. The molecule has 0 saturated carbocycles. The van der Waals surface area contributed by atoms with Crippen LogP contribution in [-0.4, -0.2) is 0 Å². The molecule has 0 fully saturated rings. The molecule has 0 N–H and O–H groups in total. The van der Waals surface area contributed by atoms with Crippen molar-refractivity contribution in [1.29, 1.82) is 0 Å². The van der Waals surface area contributed by atoms with Gasteiger partial charge in [-0.25, -0.2) is 0 Å². The van der Waals surface area contributed by atoms with Gasteiger partial charge in [-0.1, -0.05) is 208 Å². The molecule has 47 heavy (non-hydrogen) atoms. The number of halogens is 1. The minimum atomic E-state index is 0.550. The average Bonchev–Trinajstić information content (AvgIpc) is 3.09. The highest BCUT2D eigenvalue weighted by molar-refractivity contribution is 9.10. The second-order valence-electron chi connectivity index (χ2n) is 14.7. The van der Waals surface area contributed by atoms with Crippen molar-refractivity contribution in [3.05, 3.63) is 81.8 Å². The van der Waals surface area contributed by atoms with Gasteiger partial charge in [0.2, 0.25) is 0 Å². The van der Waals surface area contributed by atoms with Crippen LogP contribution in [-0.2, 0) is 6.42 Å². The van der Waals surface area contributed by atoms with E-state index in [1.807, 2.05) is 0 Å². The van der Waals surface area contributed by atoms with Crippen LogP contribution in [0.5, 0.6) is 0 Å². The summed E-state index contributed by atoms with van der Waals surface area (Å²) in [6, 6.07) is 23.7. The molecule has 0 saturated heterocycles. The molecule has 260 valence electrons. The van der Waals surface area contributed by atoms with Gasteiger partial charge in [0, 0.05) is 4.47 Å². The van der Waals surface area contributed by atoms with Crippen molar-refractivity contribution in [1.82, 2.24) is 0 Å². The van der Waals surface area contributed by atoms with Crippen LogP contribution in [0.15, 0.2) is 65.1 Å². The molecule has 1 heteroatoms. The van der Waals surface area contributed by atoms with Gasteiger partial charge >= 0.3 is 0 Å². The fourth-order valence-corrected chi connectivity index (χ4v) is 7.96. The second kappa shape index (κ2) is 23.5. The summed E-state index contributed by atoms with van der Waals surface area (Å²) in [6.07, 6.45) is 28.4. The Hall–Kier alpha value is -1.86. The van der Waals surface area contributed by atoms with E-state index in [9.17, 15) is 0 Å². The maximum absolute atomic E-state index is 4.07. The zero-order chi connectivity index (χ0) is 33.7. The van der Waals surface area contributed by atoms with Gasteiger partial charge in [0.05, 0.1) is 0 Å². The Bertz CT molecular complexity index is 1220. The van der Waals surface area contributed by atoms with Crippen LogP contribution in [0.2, 0.25) is 0 Å². The molecule has 2 unspecified atom stereocenters. The molecule has 0 aliphatic rings. The first-order valence-corrected chi connectivity index (χ1v) is 20.8. The molecule has 3 rings (SSSR count). The largest absolute Gasteiger partial charge is 0.0654 e. The molecule has 3 aromatic rings. The fourth-order valence-electron chi connectivity index (χ4n) is 7.21. The van der Waals surface area contributed by atoms with Crippen LogP contribution in [0, 0.1) is 0 Å². The lowest BCUT2D eigenvalue weighted by Gasteiger charge is -2.22. The molecule has 0 aromatic heterocycles. The molecule has 0 spiro atoms. The van der Waals surface area contributed by atoms with Crippen molar-refractivity contribution >= 4 is 15.9 Å². The van der Waals surface area contributed by atoms with Crippen molar-refractivity contribution < 1.29 is 0 Å². The van der Waals surface area contributed by atoms with Crippen LogP contribution in [0.4, 0.5) is 0 Å². The van der Waals surface area contributed by atoms with Crippen LogP contribution in [0.3, 0.4) is 0 Å². The minimum absolute atomic E-state index is 0.550. The lowest BCUT2D eigenvalue weighted by Crippen LogP contribution is -2.02. The Morgan fingerprint density at radius 1 is 0.447 bits per heavy atom. The standard InChI is InChI=1S/C46H69Br/c1-6-9-12-14-16-18-20-22-24-37(4)43-36-46(47)44(38(5)25-23-21-19-17-15-13-10-7-2)35-45(43)42-33-31-41(32-34-42)40-29-27-39(28-30-40)26-11-8-3/h27-38H,6-26H2,1-5H3. The van der Waals surface area contributed by atoms with Gasteiger partial charge in [-0.2, -0.15) is 0 Å². The van der Waals surface area contributed by atoms with Crippen molar-refractivity contribution in [3.8, 4) is 22.3 Å². The average molecular weight is 702 g/mol. The van der Waals surface area contributed by atoms with E-state index in [1.54, 1.807) is 0 Å². The first kappa shape index (κ1) is 39.6. The smallest absolute Gasteiger partial charge is 0.0213 e. The van der Waals surface area contributed by atoms with Gasteiger partial charge in [0.25, 0.3) is 0 Å². The minimum Gasteiger partial charge on any atom is -0.0654 e. The van der Waals surface area contributed by atoms with Crippen molar-refractivity contribution in [2.45, 2.75) is 181 Å². The SMILES string of the molecule is CCCCCCCCCCC(C)c1cc(-c2ccc(-c3ccc(CCCC)cc3)cc2)c(C(C)CCCCCCCCCC)cc1Br. The lowest BCUT2D eigenvalue weighted by atomic mass is 9.84. The van der Waals surface area contributed by atoms with Gasteiger partial charge in [0.15, 0.2) is 0 Å². The van der Waals surface area contributed by atoms with Crippen molar-refractivity contribution in [2.75, 3.05) is 0 Å². The second-order valence-corrected chi connectivity index (χ2v) is 15.5. The van der Waals surface area contributed by atoms with Crippen LogP contribution < -0.4 is 0 Å². The lowest BCUT2D eigenvalue weighted by molar-refractivity contribution is 0.541. The van der Waals surface area contributed by atoms with E-state index in [-0.39, 0.29) is 0 Å². The van der Waals surface area contributed by atoms with E-state index >= 15 is 0 Å². The number of benzene rings is 3. The Morgan fingerprint density at radius 2 is 0.851 bits per heavy atom. The number of aryl methyl sites for hydroxylation is 1. The highest BCUT2D eigenvalue weighted by Gasteiger charge is 2.18. The fraction of sp³-hybridized carbons (Fsp3) is 0.609. The summed E-state index contributed by atoms with van der Waals surface area (Å²) in [7, 11) is 0. The van der Waals surface area contributed by atoms with E-state index in [2.05, 4.69) is 111 Å². The first-order valence-electron chi connectivity index (χ1n) is 20.0. The summed E-state index contributed by atoms with van der Waals surface area (Å²) in [5.41, 5.74) is 9.87. The number of hydrogen-bond acceptors (Lipinski definition) is 0. The molecule has 0 aliphatic carbocycles. The summed E-state index contributed by atoms with van der Waals surface area (Å²) in [6.45, 7) is 11.8. The zero-order valence-corrected chi connectivity index (χ0v) is 32.7. The third-order valence-electron chi connectivity index (χ3n) is 10.5. The third kappa shape index (κ3) is 14.3. The van der Waals surface area contributed by atoms with Crippen LogP contribution in [0.1, 0.15) is 192 Å². The van der Waals surface area contributed by atoms with E-state index in [0.717, 1.165) is 0 Å². The maximum Gasteiger partial charge on any atom is 0.0213 e. The van der Waals surface area contributed by atoms with Crippen molar-refractivity contribution in [2.24, 2.45) is 0 Å². The monoisotopic (exact) mass is 700 g/mol. The molecule has 0 bridgehead atoms. The highest BCUT2D eigenvalue weighted by atomic mass is 79.9.